The van der Waals surface area contributed by atoms with Gasteiger partial charge in [-0.2, -0.15) is 0 Å². The van der Waals surface area contributed by atoms with Gasteiger partial charge in [-0.25, -0.2) is 8.42 Å². The molecule has 2 amide bonds. The van der Waals surface area contributed by atoms with Gasteiger partial charge in [-0.05, 0) is 56.0 Å². The number of amides is 2. The fourth-order valence-corrected chi connectivity index (χ4v) is 5.72. The Morgan fingerprint density at radius 2 is 1.54 bits per heavy atom. The van der Waals surface area contributed by atoms with E-state index in [2.05, 4.69) is 5.32 Å². The standard InChI is InChI=1S/C31H39N3O4S/c1-6-29(31(36)32-20-23(2)3)33(21-26-12-10-11-25(5)19-26)30(35)22-34(27-13-8-7-9-14-27)39(37,38)28-17-15-24(4)16-18-28/h7-19,23,29H,6,20-22H2,1-5H3,(H,32,36)/t29-/m0/s1. The molecule has 0 spiro atoms. The van der Waals surface area contributed by atoms with Crippen molar-refractivity contribution in [1.29, 1.82) is 0 Å². The van der Waals surface area contributed by atoms with Gasteiger partial charge in [-0.3, -0.25) is 13.9 Å². The van der Waals surface area contributed by atoms with Crippen molar-refractivity contribution in [2.75, 3.05) is 17.4 Å². The Bertz CT molecular complexity index is 1360. The highest BCUT2D eigenvalue weighted by Gasteiger charge is 2.33. The fraction of sp³-hybridized carbons (Fsp3) is 0.355. The highest BCUT2D eigenvalue weighted by Crippen LogP contribution is 2.25. The number of benzene rings is 3. The first kappa shape index (κ1) is 29.9. The summed E-state index contributed by atoms with van der Waals surface area (Å²) in [6.07, 6.45) is 0.386. The largest absolute Gasteiger partial charge is 0.354 e. The second-order valence-electron chi connectivity index (χ2n) is 10.2. The van der Waals surface area contributed by atoms with E-state index in [4.69, 9.17) is 0 Å². The summed E-state index contributed by atoms with van der Waals surface area (Å²) in [7, 11) is -4.07. The normalized spacial score (nSPS) is 12.2. The lowest BCUT2D eigenvalue weighted by molar-refractivity contribution is -0.140. The molecule has 3 aromatic carbocycles. The Kier molecular flexibility index (Phi) is 10.3. The summed E-state index contributed by atoms with van der Waals surface area (Å²) in [5.74, 6) is -0.456. The highest BCUT2D eigenvalue weighted by atomic mass is 32.2. The third kappa shape index (κ3) is 7.93. The number of hydrogen-bond acceptors (Lipinski definition) is 4. The first-order valence-electron chi connectivity index (χ1n) is 13.3. The summed E-state index contributed by atoms with van der Waals surface area (Å²) in [5.41, 5.74) is 3.20. The summed E-state index contributed by atoms with van der Waals surface area (Å²) >= 11 is 0. The summed E-state index contributed by atoms with van der Waals surface area (Å²) in [4.78, 5) is 28.9. The molecule has 8 heteroatoms. The SMILES string of the molecule is CC[C@@H](C(=O)NCC(C)C)N(Cc1cccc(C)c1)C(=O)CN(c1ccccc1)S(=O)(=O)c1ccc(C)cc1. The van der Waals surface area contributed by atoms with Crippen molar-refractivity contribution in [3.63, 3.8) is 0 Å². The monoisotopic (exact) mass is 549 g/mol. The summed E-state index contributed by atoms with van der Waals surface area (Å²) in [5, 5.41) is 2.95. The molecule has 0 radical (unpaired) electrons. The average Bonchev–Trinajstić information content (AvgIpc) is 2.91. The number of para-hydroxylation sites is 1. The molecular formula is C31H39N3O4S. The minimum Gasteiger partial charge on any atom is -0.354 e. The maximum absolute atomic E-state index is 14.0. The molecule has 208 valence electrons. The molecule has 0 aliphatic heterocycles. The molecular weight excluding hydrogens is 510 g/mol. The van der Waals surface area contributed by atoms with Crippen molar-refractivity contribution in [1.82, 2.24) is 10.2 Å². The molecule has 0 aromatic heterocycles. The number of carbonyl (C=O) groups excluding carboxylic acids is 2. The van der Waals surface area contributed by atoms with Gasteiger partial charge in [0.2, 0.25) is 11.8 Å². The van der Waals surface area contributed by atoms with Crippen LogP contribution in [0.15, 0.2) is 83.8 Å². The number of hydrogen-bond donors (Lipinski definition) is 1. The molecule has 0 unspecified atom stereocenters. The number of rotatable bonds is 12. The van der Waals surface area contributed by atoms with Gasteiger partial charge in [0.05, 0.1) is 10.6 Å². The zero-order valence-electron chi connectivity index (χ0n) is 23.4. The summed E-state index contributed by atoms with van der Waals surface area (Å²) < 4.78 is 28.8. The topological polar surface area (TPSA) is 86.8 Å². The number of anilines is 1. The van der Waals surface area contributed by atoms with E-state index in [1.54, 1.807) is 54.6 Å². The molecule has 3 aromatic rings. The van der Waals surface area contributed by atoms with Gasteiger partial charge in [-0.15, -0.1) is 0 Å². The number of carbonyl (C=O) groups is 2. The minimum atomic E-state index is -4.07. The number of aryl methyl sites for hydroxylation is 2. The first-order valence-corrected chi connectivity index (χ1v) is 14.7. The van der Waals surface area contributed by atoms with E-state index >= 15 is 0 Å². The highest BCUT2D eigenvalue weighted by molar-refractivity contribution is 7.92. The molecule has 1 atom stereocenters. The molecule has 0 bridgehead atoms. The van der Waals surface area contributed by atoms with Crippen LogP contribution in [0.4, 0.5) is 5.69 Å². The van der Waals surface area contributed by atoms with Gasteiger partial charge in [0.25, 0.3) is 10.0 Å². The Labute approximate surface area is 232 Å². The molecule has 0 heterocycles. The first-order chi connectivity index (χ1) is 18.5. The lowest BCUT2D eigenvalue weighted by atomic mass is 10.1. The Hall–Kier alpha value is -3.65. The Morgan fingerprint density at radius 1 is 0.872 bits per heavy atom. The van der Waals surface area contributed by atoms with E-state index in [1.807, 2.05) is 58.9 Å². The van der Waals surface area contributed by atoms with Crippen LogP contribution in [0.25, 0.3) is 0 Å². The smallest absolute Gasteiger partial charge is 0.264 e. The van der Waals surface area contributed by atoms with Gasteiger partial charge >= 0.3 is 0 Å². The van der Waals surface area contributed by atoms with Gasteiger partial charge < -0.3 is 10.2 Å². The van der Waals surface area contributed by atoms with Crippen LogP contribution in [0.3, 0.4) is 0 Å². The van der Waals surface area contributed by atoms with E-state index in [-0.39, 0.29) is 23.3 Å². The van der Waals surface area contributed by atoms with Crippen LogP contribution in [0.5, 0.6) is 0 Å². The third-order valence-corrected chi connectivity index (χ3v) is 8.23. The van der Waals surface area contributed by atoms with Crippen LogP contribution in [-0.2, 0) is 26.2 Å². The van der Waals surface area contributed by atoms with Crippen LogP contribution < -0.4 is 9.62 Å². The second kappa shape index (κ2) is 13.4. The molecule has 1 N–H and O–H groups in total. The Balaban J connectivity index is 2.02. The molecule has 0 fully saturated rings. The Morgan fingerprint density at radius 3 is 2.13 bits per heavy atom. The molecule has 0 saturated heterocycles. The van der Waals surface area contributed by atoms with Crippen molar-refractivity contribution in [3.8, 4) is 0 Å². The predicted octanol–water partition coefficient (Wildman–Crippen LogP) is 5.08. The lowest BCUT2D eigenvalue weighted by Gasteiger charge is -2.33. The zero-order chi connectivity index (χ0) is 28.6. The van der Waals surface area contributed by atoms with E-state index in [0.29, 0.717) is 18.7 Å². The van der Waals surface area contributed by atoms with E-state index in [9.17, 15) is 18.0 Å². The van der Waals surface area contributed by atoms with Gasteiger partial charge in [0.15, 0.2) is 0 Å². The summed E-state index contributed by atoms with van der Waals surface area (Å²) in [6.45, 7) is 9.94. The second-order valence-corrected chi connectivity index (χ2v) is 12.1. The maximum Gasteiger partial charge on any atom is 0.264 e. The van der Waals surface area contributed by atoms with Gasteiger partial charge in [-0.1, -0.05) is 86.5 Å². The van der Waals surface area contributed by atoms with Crippen molar-refractivity contribution in [2.24, 2.45) is 5.92 Å². The number of nitrogens with zero attached hydrogens (tertiary/aromatic N) is 2. The van der Waals surface area contributed by atoms with Gasteiger partial charge in [0.1, 0.15) is 12.6 Å². The maximum atomic E-state index is 14.0. The lowest BCUT2D eigenvalue weighted by Crippen LogP contribution is -2.52. The summed E-state index contributed by atoms with van der Waals surface area (Å²) in [6, 6.07) is 22.1. The van der Waals surface area contributed by atoms with Crippen molar-refractivity contribution >= 4 is 27.5 Å². The fourth-order valence-electron chi connectivity index (χ4n) is 4.31. The van der Waals surface area contributed by atoms with Crippen molar-refractivity contribution in [3.05, 3.63) is 95.6 Å². The third-order valence-electron chi connectivity index (χ3n) is 6.44. The van der Waals surface area contributed by atoms with E-state index in [1.165, 1.54) is 4.90 Å². The predicted molar refractivity (Wildman–Crippen MR) is 156 cm³/mol. The van der Waals surface area contributed by atoms with E-state index < -0.39 is 28.5 Å². The van der Waals surface area contributed by atoms with Crippen LogP contribution in [-0.4, -0.2) is 44.3 Å². The van der Waals surface area contributed by atoms with Crippen LogP contribution in [0.2, 0.25) is 0 Å². The molecule has 7 nitrogen and oxygen atoms in total. The van der Waals surface area contributed by atoms with Crippen molar-refractivity contribution in [2.45, 2.75) is 58.5 Å². The quantitative estimate of drug-likeness (QED) is 0.341. The minimum absolute atomic E-state index is 0.0942. The number of nitrogens with one attached hydrogen (secondary N) is 1. The number of sulfonamides is 1. The van der Waals surface area contributed by atoms with Gasteiger partial charge in [0, 0.05) is 13.1 Å². The van der Waals surface area contributed by atoms with Crippen molar-refractivity contribution < 1.29 is 18.0 Å². The van der Waals surface area contributed by atoms with Crippen LogP contribution in [0, 0.1) is 19.8 Å². The molecule has 0 saturated carbocycles. The molecule has 0 aliphatic rings. The molecule has 0 aliphatic carbocycles. The van der Waals surface area contributed by atoms with E-state index in [0.717, 1.165) is 21.0 Å². The molecule has 39 heavy (non-hydrogen) atoms. The zero-order valence-corrected chi connectivity index (χ0v) is 24.2. The molecule has 3 rings (SSSR count). The van der Waals surface area contributed by atoms with Crippen LogP contribution in [0.1, 0.15) is 43.9 Å². The van der Waals surface area contributed by atoms with Crippen LogP contribution >= 0.6 is 0 Å². The average molecular weight is 550 g/mol.